The quantitative estimate of drug-likeness (QED) is 0.886. The number of para-hydroxylation sites is 2. The molecule has 2 rings (SSSR count). The molecule has 0 radical (unpaired) electrons. The summed E-state index contributed by atoms with van der Waals surface area (Å²) < 4.78 is 31.2. The minimum Gasteiger partial charge on any atom is -0.504 e. The first-order valence-electron chi connectivity index (χ1n) is 5.01. The van der Waals surface area contributed by atoms with E-state index in [9.17, 15) is 13.9 Å². The molecular formula is C13H10F2O2. The summed E-state index contributed by atoms with van der Waals surface area (Å²) >= 11 is 0. The van der Waals surface area contributed by atoms with Gasteiger partial charge in [0.05, 0.1) is 0 Å². The van der Waals surface area contributed by atoms with Crippen molar-refractivity contribution in [3.63, 3.8) is 0 Å². The highest BCUT2D eigenvalue weighted by Crippen LogP contribution is 2.25. The van der Waals surface area contributed by atoms with E-state index in [1.165, 1.54) is 12.1 Å². The lowest BCUT2D eigenvalue weighted by atomic mass is 10.2. The van der Waals surface area contributed by atoms with Crippen molar-refractivity contribution in [1.82, 2.24) is 0 Å². The Hall–Kier alpha value is -2.10. The molecule has 0 bridgehead atoms. The van der Waals surface area contributed by atoms with Gasteiger partial charge in [-0.1, -0.05) is 12.1 Å². The van der Waals surface area contributed by atoms with Crippen LogP contribution in [0.15, 0.2) is 42.5 Å². The zero-order valence-electron chi connectivity index (χ0n) is 8.86. The average Bonchev–Trinajstić information content (AvgIpc) is 2.30. The van der Waals surface area contributed by atoms with Gasteiger partial charge >= 0.3 is 0 Å². The second kappa shape index (κ2) is 4.82. The molecule has 0 heterocycles. The number of aromatic hydroxyl groups is 1. The number of hydrogen-bond donors (Lipinski definition) is 1. The Morgan fingerprint density at radius 3 is 2.53 bits per heavy atom. The minimum absolute atomic E-state index is 0.0185. The minimum atomic E-state index is -0.666. The number of phenolic OH excluding ortho intramolecular Hbond substituents is 1. The summed E-state index contributed by atoms with van der Waals surface area (Å²) in [5, 5.41) is 9.42. The van der Waals surface area contributed by atoms with Crippen molar-refractivity contribution in [1.29, 1.82) is 0 Å². The molecule has 0 fully saturated rings. The van der Waals surface area contributed by atoms with Crippen LogP contribution in [0.4, 0.5) is 8.78 Å². The molecule has 2 aromatic carbocycles. The van der Waals surface area contributed by atoms with Crippen molar-refractivity contribution >= 4 is 0 Å². The highest BCUT2D eigenvalue weighted by Gasteiger charge is 2.06. The molecule has 2 nitrogen and oxygen atoms in total. The molecule has 0 spiro atoms. The highest BCUT2D eigenvalue weighted by molar-refractivity contribution is 5.38. The summed E-state index contributed by atoms with van der Waals surface area (Å²) in [4.78, 5) is 0. The summed E-state index contributed by atoms with van der Waals surface area (Å²) in [6.07, 6.45) is 0. The van der Waals surface area contributed by atoms with Gasteiger partial charge in [-0.2, -0.15) is 0 Å². The Morgan fingerprint density at radius 2 is 1.82 bits per heavy atom. The fourth-order valence-electron chi connectivity index (χ4n) is 1.37. The average molecular weight is 236 g/mol. The van der Waals surface area contributed by atoms with Crippen molar-refractivity contribution in [3.8, 4) is 11.5 Å². The van der Waals surface area contributed by atoms with Crippen molar-refractivity contribution in [2.24, 2.45) is 0 Å². The van der Waals surface area contributed by atoms with E-state index in [-0.39, 0.29) is 23.7 Å². The molecule has 0 aromatic heterocycles. The summed E-state index contributed by atoms with van der Waals surface area (Å²) in [6.45, 7) is -0.0658. The largest absolute Gasteiger partial charge is 0.504 e. The molecular weight excluding hydrogens is 226 g/mol. The molecule has 0 aliphatic rings. The lowest BCUT2D eigenvalue weighted by molar-refractivity contribution is 0.283. The number of rotatable bonds is 3. The van der Waals surface area contributed by atoms with Gasteiger partial charge in [-0.3, -0.25) is 0 Å². The van der Waals surface area contributed by atoms with Crippen LogP contribution in [0.5, 0.6) is 11.5 Å². The first-order chi connectivity index (χ1) is 8.16. The predicted octanol–water partition coefficient (Wildman–Crippen LogP) is 3.25. The van der Waals surface area contributed by atoms with Crippen LogP contribution in [0, 0.1) is 11.6 Å². The van der Waals surface area contributed by atoms with E-state index in [1.807, 2.05) is 0 Å². The Labute approximate surface area is 97.1 Å². The van der Waals surface area contributed by atoms with Crippen LogP contribution in [-0.4, -0.2) is 5.11 Å². The van der Waals surface area contributed by atoms with E-state index in [0.717, 1.165) is 12.1 Å². The Balaban J connectivity index is 2.10. The maximum atomic E-state index is 13.3. The third kappa shape index (κ3) is 2.72. The van der Waals surface area contributed by atoms with Gasteiger partial charge in [-0.25, -0.2) is 8.78 Å². The predicted molar refractivity (Wildman–Crippen MR) is 58.8 cm³/mol. The summed E-state index contributed by atoms with van der Waals surface area (Å²) in [7, 11) is 0. The van der Waals surface area contributed by atoms with Gasteiger partial charge in [-0.15, -0.1) is 0 Å². The molecule has 0 saturated heterocycles. The van der Waals surface area contributed by atoms with Gasteiger partial charge in [0.2, 0.25) is 0 Å². The molecule has 0 atom stereocenters. The van der Waals surface area contributed by atoms with E-state index in [0.29, 0.717) is 0 Å². The SMILES string of the molecule is Oc1ccccc1OCc1ccc(F)cc1F. The molecule has 2 aromatic rings. The van der Waals surface area contributed by atoms with E-state index >= 15 is 0 Å². The van der Waals surface area contributed by atoms with Crippen molar-refractivity contribution in [2.75, 3.05) is 0 Å². The molecule has 17 heavy (non-hydrogen) atoms. The summed E-state index contributed by atoms with van der Waals surface area (Å²) in [5.41, 5.74) is 0.231. The van der Waals surface area contributed by atoms with Crippen LogP contribution >= 0.6 is 0 Å². The standard InChI is InChI=1S/C13H10F2O2/c14-10-6-5-9(11(15)7-10)8-17-13-4-2-1-3-12(13)16/h1-7,16H,8H2. The van der Waals surface area contributed by atoms with Crippen LogP contribution in [0.2, 0.25) is 0 Å². The fraction of sp³-hybridized carbons (Fsp3) is 0.0769. The van der Waals surface area contributed by atoms with Gasteiger partial charge in [0.15, 0.2) is 11.5 Å². The first kappa shape index (κ1) is 11.4. The van der Waals surface area contributed by atoms with Gasteiger partial charge in [0.1, 0.15) is 18.2 Å². The molecule has 0 aliphatic heterocycles. The van der Waals surface area contributed by atoms with Crippen LogP contribution < -0.4 is 4.74 Å². The Bertz CT molecular complexity index is 527. The second-order valence-corrected chi connectivity index (χ2v) is 3.49. The van der Waals surface area contributed by atoms with E-state index in [1.54, 1.807) is 18.2 Å². The number of hydrogen-bond acceptors (Lipinski definition) is 2. The lowest BCUT2D eigenvalue weighted by Crippen LogP contribution is -1.99. The van der Waals surface area contributed by atoms with Crippen molar-refractivity contribution in [2.45, 2.75) is 6.61 Å². The van der Waals surface area contributed by atoms with Crippen LogP contribution in [0.25, 0.3) is 0 Å². The van der Waals surface area contributed by atoms with Crippen molar-refractivity contribution < 1.29 is 18.6 Å². The van der Waals surface area contributed by atoms with Crippen LogP contribution in [0.3, 0.4) is 0 Å². The van der Waals surface area contributed by atoms with Gasteiger partial charge in [-0.05, 0) is 24.3 Å². The summed E-state index contributed by atoms with van der Waals surface area (Å²) in [5.74, 6) is -1.06. The summed E-state index contributed by atoms with van der Waals surface area (Å²) in [6, 6.07) is 9.64. The third-order valence-corrected chi connectivity index (χ3v) is 2.26. The topological polar surface area (TPSA) is 29.5 Å². The monoisotopic (exact) mass is 236 g/mol. The zero-order valence-corrected chi connectivity index (χ0v) is 8.86. The normalized spacial score (nSPS) is 10.2. The molecule has 0 amide bonds. The smallest absolute Gasteiger partial charge is 0.161 e. The first-order valence-corrected chi connectivity index (χ1v) is 5.01. The Kier molecular flexibility index (Phi) is 3.23. The van der Waals surface area contributed by atoms with Gasteiger partial charge < -0.3 is 9.84 Å². The maximum absolute atomic E-state index is 13.3. The second-order valence-electron chi connectivity index (χ2n) is 3.49. The molecule has 1 N–H and O–H groups in total. The maximum Gasteiger partial charge on any atom is 0.161 e. The van der Waals surface area contributed by atoms with Gasteiger partial charge in [0, 0.05) is 11.6 Å². The number of benzene rings is 2. The highest BCUT2D eigenvalue weighted by atomic mass is 19.1. The van der Waals surface area contributed by atoms with E-state index in [2.05, 4.69) is 0 Å². The number of ether oxygens (including phenoxy) is 1. The zero-order chi connectivity index (χ0) is 12.3. The molecule has 0 unspecified atom stereocenters. The lowest BCUT2D eigenvalue weighted by Gasteiger charge is -2.08. The number of phenols is 1. The fourth-order valence-corrected chi connectivity index (χ4v) is 1.37. The molecule has 88 valence electrons. The van der Waals surface area contributed by atoms with Crippen LogP contribution in [0.1, 0.15) is 5.56 Å². The van der Waals surface area contributed by atoms with E-state index in [4.69, 9.17) is 4.74 Å². The van der Waals surface area contributed by atoms with Crippen LogP contribution in [-0.2, 0) is 6.61 Å². The molecule has 4 heteroatoms. The van der Waals surface area contributed by atoms with Crippen molar-refractivity contribution in [3.05, 3.63) is 59.7 Å². The third-order valence-electron chi connectivity index (χ3n) is 2.26. The molecule has 0 saturated carbocycles. The number of halogens is 2. The molecule has 0 aliphatic carbocycles. The van der Waals surface area contributed by atoms with Gasteiger partial charge in [0.25, 0.3) is 0 Å². The van der Waals surface area contributed by atoms with E-state index < -0.39 is 11.6 Å². The Morgan fingerprint density at radius 1 is 1.06 bits per heavy atom.